The fraction of sp³-hybridized carbons (Fsp3) is 0.562. The highest BCUT2D eigenvalue weighted by molar-refractivity contribution is 5.74. The van der Waals surface area contributed by atoms with Crippen molar-refractivity contribution in [2.45, 2.75) is 31.7 Å². The van der Waals surface area contributed by atoms with Gasteiger partial charge in [0.05, 0.1) is 0 Å². The van der Waals surface area contributed by atoms with E-state index in [0.29, 0.717) is 6.04 Å². The minimum atomic E-state index is 0.677. The summed E-state index contributed by atoms with van der Waals surface area (Å²) in [6, 6.07) is 9.44. The zero-order chi connectivity index (χ0) is 13.4. The van der Waals surface area contributed by atoms with Crippen LogP contribution in [0.25, 0.3) is 11.1 Å². The molecule has 2 fully saturated rings. The Bertz CT molecular complexity index is 549. The van der Waals surface area contributed by atoms with Crippen molar-refractivity contribution in [3.8, 4) is 0 Å². The number of hydrogen-bond donors (Lipinski definition) is 1. The average Bonchev–Trinajstić information content (AvgIpc) is 3.22. The van der Waals surface area contributed by atoms with Crippen molar-refractivity contribution in [1.29, 1.82) is 0 Å². The van der Waals surface area contributed by atoms with Gasteiger partial charge in [0.1, 0.15) is 5.52 Å². The number of piperidine rings is 1. The molecule has 4 heteroatoms. The van der Waals surface area contributed by atoms with Crippen LogP contribution in [-0.4, -0.2) is 30.7 Å². The van der Waals surface area contributed by atoms with Crippen LogP contribution in [-0.2, 0) is 0 Å². The molecule has 0 bridgehead atoms. The molecule has 0 atom stereocenters. The van der Waals surface area contributed by atoms with E-state index in [2.05, 4.69) is 15.2 Å². The van der Waals surface area contributed by atoms with Crippen molar-refractivity contribution in [2.75, 3.05) is 24.5 Å². The minimum Gasteiger partial charge on any atom is -0.423 e. The summed E-state index contributed by atoms with van der Waals surface area (Å²) >= 11 is 0. The molecule has 1 aliphatic heterocycles. The number of rotatable bonds is 4. The number of anilines is 1. The predicted octanol–water partition coefficient (Wildman–Crippen LogP) is 2.80. The van der Waals surface area contributed by atoms with E-state index in [1.165, 1.54) is 32.2 Å². The summed E-state index contributed by atoms with van der Waals surface area (Å²) < 4.78 is 5.85. The van der Waals surface area contributed by atoms with Gasteiger partial charge in [0.2, 0.25) is 0 Å². The van der Waals surface area contributed by atoms with Crippen LogP contribution in [0, 0.1) is 5.92 Å². The Morgan fingerprint density at radius 3 is 2.70 bits per heavy atom. The van der Waals surface area contributed by atoms with Gasteiger partial charge in [0.15, 0.2) is 5.58 Å². The van der Waals surface area contributed by atoms with E-state index in [9.17, 15) is 0 Å². The van der Waals surface area contributed by atoms with Crippen LogP contribution < -0.4 is 10.2 Å². The van der Waals surface area contributed by atoms with E-state index >= 15 is 0 Å². The first kappa shape index (κ1) is 12.2. The molecular formula is C16H21N3O. The molecule has 2 aliphatic rings. The molecule has 1 saturated heterocycles. The Labute approximate surface area is 119 Å². The standard InChI is InChI=1S/C16H21N3O/c1-2-4-15-14(3-1)18-16(20-15)19-9-7-13(8-10-19)17-11-12-5-6-12/h1-4,12-13,17H,5-11H2. The van der Waals surface area contributed by atoms with Crippen LogP contribution in [0.5, 0.6) is 0 Å². The average molecular weight is 271 g/mol. The maximum Gasteiger partial charge on any atom is 0.298 e. The van der Waals surface area contributed by atoms with E-state index in [1.54, 1.807) is 0 Å². The number of nitrogens with zero attached hydrogens (tertiary/aromatic N) is 2. The lowest BCUT2D eigenvalue weighted by atomic mass is 10.1. The van der Waals surface area contributed by atoms with E-state index in [0.717, 1.165) is 36.1 Å². The molecule has 1 N–H and O–H groups in total. The number of aromatic nitrogens is 1. The monoisotopic (exact) mass is 271 g/mol. The smallest absolute Gasteiger partial charge is 0.298 e. The molecule has 1 saturated carbocycles. The summed E-state index contributed by atoms with van der Waals surface area (Å²) in [7, 11) is 0. The molecule has 1 aliphatic carbocycles. The quantitative estimate of drug-likeness (QED) is 0.928. The summed E-state index contributed by atoms with van der Waals surface area (Å²) in [5.74, 6) is 0.963. The Morgan fingerprint density at radius 2 is 1.95 bits per heavy atom. The Morgan fingerprint density at radius 1 is 1.15 bits per heavy atom. The van der Waals surface area contributed by atoms with Crippen LogP contribution in [0.4, 0.5) is 6.01 Å². The largest absolute Gasteiger partial charge is 0.423 e. The lowest BCUT2D eigenvalue weighted by molar-refractivity contribution is 0.396. The van der Waals surface area contributed by atoms with Gasteiger partial charge in [-0.25, -0.2) is 0 Å². The van der Waals surface area contributed by atoms with Crippen LogP contribution in [0.3, 0.4) is 0 Å². The molecular weight excluding hydrogens is 250 g/mol. The summed E-state index contributed by atoms with van der Waals surface area (Å²) in [6.45, 7) is 3.29. The molecule has 0 amide bonds. The molecule has 1 aromatic heterocycles. The van der Waals surface area contributed by atoms with Crippen LogP contribution >= 0.6 is 0 Å². The third kappa shape index (κ3) is 2.52. The van der Waals surface area contributed by atoms with Gasteiger partial charge in [-0.2, -0.15) is 4.98 Å². The van der Waals surface area contributed by atoms with Crippen LogP contribution in [0.1, 0.15) is 25.7 Å². The molecule has 0 spiro atoms. The van der Waals surface area contributed by atoms with Crippen molar-refractivity contribution in [1.82, 2.24) is 10.3 Å². The molecule has 0 radical (unpaired) electrons. The number of fused-ring (bicyclic) bond motifs is 1. The number of para-hydroxylation sites is 2. The zero-order valence-corrected chi connectivity index (χ0v) is 11.7. The topological polar surface area (TPSA) is 41.3 Å². The van der Waals surface area contributed by atoms with Gasteiger partial charge in [-0.1, -0.05) is 12.1 Å². The summed E-state index contributed by atoms with van der Waals surface area (Å²) in [5.41, 5.74) is 1.84. The number of hydrogen-bond acceptors (Lipinski definition) is 4. The van der Waals surface area contributed by atoms with Crippen molar-refractivity contribution >= 4 is 17.1 Å². The summed E-state index contributed by atoms with van der Waals surface area (Å²) in [6.07, 6.45) is 5.22. The van der Waals surface area contributed by atoms with E-state index in [4.69, 9.17) is 4.42 Å². The highest BCUT2D eigenvalue weighted by Crippen LogP contribution is 2.28. The van der Waals surface area contributed by atoms with Gasteiger partial charge in [0, 0.05) is 19.1 Å². The highest BCUT2D eigenvalue weighted by Gasteiger charge is 2.25. The Hall–Kier alpha value is -1.55. The Kier molecular flexibility index (Phi) is 3.11. The normalized spacial score (nSPS) is 20.7. The van der Waals surface area contributed by atoms with Gasteiger partial charge in [0.25, 0.3) is 6.01 Å². The molecule has 106 valence electrons. The molecule has 4 rings (SSSR count). The van der Waals surface area contributed by atoms with Crippen LogP contribution in [0.2, 0.25) is 0 Å². The molecule has 2 aromatic rings. The van der Waals surface area contributed by atoms with Gasteiger partial charge in [-0.15, -0.1) is 0 Å². The van der Waals surface area contributed by atoms with Gasteiger partial charge in [-0.3, -0.25) is 0 Å². The third-order valence-corrected chi connectivity index (χ3v) is 4.44. The number of benzene rings is 1. The molecule has 4 nitrogen and oxygen atoms in total. The Balaban J connectivity index is 1.37. The van der Waals surface area contributed by atoms with Crippen molar-refractivity contribution in [3.63, 3.8) is 0 Å². The number of oxazole rings is 1. The second-order valence-corrected chi connectivity index (χ2v) is 6.08. The van der Waals surface area contributed by atoms with Crippen molar-refractivity contribution in [2.24, 2.45) is 5.92 Å². The van der Waals surface area contributed by atoms with Gasteiger partial charge < -0.3 is 14.6 Å². The first-order chi connectivity index (χ1) is 9.88. The van der Waals surface area contributed by atoms with Gasteiger partial charge >= 0.3 is 0 Å². The first-order valence-electron chi connectivity index (χ1n) is 7.72. The van der Waals surface area contributed by atoms with Gasteiger partial charge in [-0.05, 0) is 50.3 Å². The van der Waals surface area contributed by atoms with E-state index in [-0.39, 0.29) is 0 Å². The highest BCUT2D eigenvalue weighted by atomic mass is 16.4. The SMILES string of the molecule is c1ccc2oc(N3CCC(NCC4CC4)CC3)nc2c1. The molecule has 2 heterocycles. The lowest BCUT2D eigenvalue weighted by Gasteiger charge is -2.31. The van der Waals surface area contributed by atoms with Crippen molar-refractivity contribution in [3.05, 3.63) is 24.3 Å². The lowest BCUT2D eigenvalue weighted by Crippen LogP contribution is -2.43. The minimum absolute atomic E-state index is 0.677. The van der Waals surface area contributed by atoms with E-state index in [1.807, 2.05) is 24.3 Å². The number of nitrogens with one attached hydrogen (secondary N) is 1. The summed E-state index contributed by atoms with van der Waals surface area (Å²) in [5, 5.41) is 3.70. The predicted molar refractivity (Wildman–Crippen MR) is 80.0 cm³/mol. The fourth-order valence-corrected chi connectivity index (χ4v) is 2.93. The molecule has 1 aromatic carbocycles. The second-order valence-electron chi connectivity index (χ2n) is 6.08. The fourth-order valence-electron chi connectivity index (χ4n) is 2.93. The van der Waals surface area contributed by atoms with Crippen LogP contribution in [0.15, 0.2) is 28.7 Å². The summed E-state index contributed by atoms with van der Waals surface area (Å²) in [4.78, 5) is 6.86. The third-order valence-electron chi connectivity index (χ3n) is 4.44. The van der Waals surface area contributed by atoms with Crippen molar-refractivity contribution < 1.29 is 4.42 Å². The maximum atomic E-state index is 5.85. The first-order valence-corrected chi connectivity index (χ1v) is 7.72. The second kappa shape index (κ2) is 5.09. The maximum absolute atomic E-state index is 5.85. The molecule has 20 heavy (non-hydrogen) atoms. The molecule has 0 unspecified atom stereocenters. The zero-order valence-electron chi connectivity index (χ0n) is 11.7. The van der Waals surface area contributed by atoms with E-state index < -0.39 is 0 Å².